The summed E-state index contributed by atoms with van der Waals surface area (Å²) in [6.07, 6.45) is 4.16. The van der Waals surface area contributed by atoms with E-state index in [2.05, 4.69) is 37.9 Å². The van der Waals surface area contributed by atoms with Gasteiger partial charge in [0.1, 0.15) is 0 Å². The van der Waals surface area contributed by atoms with Crippen molar-refractivity contribution in [2.45, 2.75) is 64.6 Å². The van der Waals surface area contributed by atoms with Gasteiger partial charge in [0.05, 0.1) is 0 Å². The SMILES string of the molecule is CCC(C)N1CC(C)NCC1(C)C1CC1. The van der Waals surface area contributed by atoms with Crippen molar-refractivity contribution in [2.24, 2.45) is 5.92 Å². The molecule has 3 unspecified atom stereocenters. The molecule has 0 aromatic rings. The second-order valence-electron chi connectivity index (χ2n) is 5.82. The minimum absolute atomic E-state index is 0.432. The highest BCUT2D eigenvalue weighted by Crippen LogP contribution is 2.44. The standard InChI is InChI=1S/C13H26N2/c1-5-11(3)15-8-10(2)14-9-13(15,4)12-6-7-12/h10-12,14H,5-9H2,1-4H3. The topological polar surface area (TPSA) is 15.3 Å². The van der Waals surface area contributed by atoms with Gasteiger partial charge in [0.15, 0.2) is 0 Å². The van der Waals surface area contributed by atoms with Gasteiger partial charge in [-0.15, -0.1) is 0 Å². The van der Waals surface area contributed by atoms with Gasteiger partial charge in [-0.2, -0.15) is 0 Å². The molecule has 0 aromatic carbocycles. The lowest BCUT2D eigenvalue weighted by Gasteiger charge is -2.51. The molecular formula is C13H26N2. The molecule has 1 aliphatic heterocycles. The number of nitrogens with one attached hydrogen (secondary N) is 1. The van der Waals surface area contributed by atoms with Crippen molar-refractivity contribution in [3.8, 4) is 0 Å². The average Bonchev–Trinajstić information content (AvgIpc) is 3.04. The zero-order valence-electron chi connectivity index (χ0n) is 10.7. The highest BCUT2D eigenvalue weighted by atomic mass is 15.3. The van der Waals surface area contributed by atoms with E-state index in [0.717, 1.165) is 12.0 Å². The van der Waals surface area contributed by atoms with Gasteiger partial charge < -0.3 is 5.32 Å². The van der Waals surface area contributed by atoms with Crippen LogP contribution in [-0.4, -0.2) is 35.6 Å². The van der Waals surface area contributed by atoms with Crippen LogP contribution >= 0.6 is 0 Å². The normalized spacial score (nSPS) is 40.4. The van der Waals surface area contributed by atoms with E-state index >= 15 is 0 Å². The lowest BCUT2D eigenvalue weighted by molar-refractivity contribution is 0.00544. The molecule has 0 aromatic heterocycles. The third-order valence-electron chi connectivity index (χ3n) is 4.51. The molecule has 0 spiro atoms. The zero-order chi connectivity index (χ0) is 11.1. The van der Waals surface area contributed by atoms with Crippen LogP contribution in [0.15, 0.2) is 0 Å². The van der Waals surface area contributed by atoms with Crippen LogP contribution in [0.25, 0.3) is 0 Å². The van der Waals surface area contributed by atoms with Crippen LogP contribution in [0.4, 0.5) is 0 Å². The van der Waals surface area contributed by atoms with E-state index < -0.39 is 0 Å². The molecule has 2 heteroatoms. The van der Waals surface area contributed by atoms with Crippen molar-refractivity contribution in [3.63, 3.8) is 0 Å². The summed E-state index contributed by atoms with van der Waals surface area (Å²) in [6, 6.07) is 1.39. The highest BCUT2D eigenvalue weighted by Gasteiger charge is 2.48. The van der Waals surface area contributed by atoms with Crippen LogP contribution in [0.3, 0.4) is 0 Å². The second kappa shape index (κ2) is 4.06. The first-order chi connectivity index (χ1) is 7.08. The Labute approximate surface area is 94.4 Å². The van der Waals surface area contributed by atoms with Crippen molar-refractivity contribution >= 4 is 0 Å². The number of hydrogen-bond donors (Lipinski definition) is 1. The van der Waals surface area contributed by atoms with Gasteiger partial charge in [-0.05, 0) is 46.0 Å². The van der Waals surface area contributed by atoms with Gasteiger partial charge in [0.25, 0.3) is 0 Å². The maximum Gasteiger partial charge on any atom is 0.0337 e. The molecule has 1 saturated heterocycles. The monoisotopic (exact) mass is 210 g/mol. The van der Waals surface area contributed by atoms with E-state index in [1.807, 2.05) is 0 Å². The Kier molecular flexibility index (Phi) is 3.09. The van der Waals surface area contributed by atoms with Crippen LogP contribution in [0.5, 0.6) is 0 Å². The molecule has 2 aliphatic rings. The van der Waals surface area contributed by atoms with Crippen molar-refractivity contribution in [1.82, 2.24) is 10.2 Å². The summed E-state index contributed by atoms with van der Waals surface area (Å²) in [5.41, 5.74) is 0.432. The molecule has 0 radical (unpaired) electrons. The summed E-state index contributed by atoms with van der Waals surface area (Å²) < 4.78 is 0. The number of hydrogen-bond acceptors (Lipinski definition) is 2. The molecule has 15 heavy (non-hydrogen) atoms. The quantitative estimate of drug-likeness (QED) is 0.768. The molecular weight excluding hydrogens is 184 g/mol. The van der Waals surface area contributed by atoms with Crippen molar-refractivity contribution in [3.05, 3.63) is 0 Å². The Morgan fingerprint density at radius 1 is 1.47 bits per heavy atom. The second-order valence-corrected chi connectivity index (χ2v) is 5.82. The molecule has 1 aliphatic carbocycles. The molecule has 0 bridgehead atoms. The summed E-state index contributed by atoms with van der Waals surface area (Å²) in [7, 11) is 0. The maximum absolute atomic E-state index is 3.66. The first kappa shape index (κ1) is 11.4. The predicted molar refractivity (Wildman–Crippen MR) is 65.1 cm³/mol. The van der Waals surface area contributed by atoms with Gasteiger partial charge in [-0.1, -0.05) is 6.92 Å². The maximum atomic E-state index is 3.66. The Morgan fingerprint density at radius 3 is 2.67 bits per heavy atom. The first-order valence-electron chi connectivity index (χ1n) is 6.58. The summed E-state index contributed by atoms with van der Waals surface area (Å²) in [5.74, 6) is 0.950. The number of piperazine rings is 1. The number of nitrogens with zero attached hydrogens (tertiary/aromatic N) is 1. The summed E-state index contributed by atoms with van der Waals surface area (Å²) in [5, 5.41) is 3.66. The van der Waals surface area contributed by atoms with Crippen LogP contribution < -0.4 is 5.32 Å². The Bertz CT molecular complexity index is 225. The van der Waals surface area contributed by atoms with Crippen molar-refractivity contribution in [2.75, 3.05) is 13.1 Å². The van der Waals surface area contributed by atoms with E-state index in [0.29, 0.717) is 11.6 Å². The average molecular weight is 210 g/mol. The summed E-state index contributed by atoms with van der Waals surface area (Å²) >= 11 is 0. The van der Waals surface area contributed by atoms with Gasteiger partial charge in [0, 0.05) is 30.7 Å². The fourth-order valence-electron chi connectivity index (χ4n) is 3.04. The smallest absolute Gasteiger partial charge is 0.0337 e. The first-order valence-corrected chi connectivity index (χ1v) is 6.58. The molecule has 2 nitrogen and oxygen atoms in total. The predicted octanol–water partition coefficient (Wildman–Crippen LogP) is 2.25. The minimum atomic E-state index is 0.432. The Balaban J connectivity index is 2.12. The zero-order valence-corrected chi connectivity index (χ0v) is 10.7. The highest BCUT2D eigenvalue weighted by molar-refractivity contribution is 5.05. The Morgan fingerprint density at radius 2 is 2.13 bits per heavy atom. The van der Waals surface area contributed by atoms with E-state index in [-0.39, 0.29) is 0 Å². The molecule has 1 saturated carbocycles. The van der Waals surface area contributed by atoms with Crippen molar-refractivity contribution in [1.29, 1.82) is 0 Å². The molecule has 88 valence electrons. The van der Waals surface area contributed by atoms with Gasteiger partial charge >= 0.3 is 0 Å². The summed E-state index contributed by atoms with van der Waals surface area (Å²) in [6.45, 7) is 11.9. The van der Waals surface area contributed by atoms with E-state index in [4.69, 9.17) is 0 Å². The third kappa shape index (κ3) is 2.07. The molecule has 3 atom stereocenters. The van der Waals surface area contributed by atoms with Crippen molar-refractivity contribution < 1.29 is 0 Å². The number of rotatable bonds is 3. The molecule has 2 rings (SSSR count). The van der Waals surface area contributed by atoms with E-state index in [9.17, 15) is 0 Å². The summed E-state index contributed by atoms with van der Waals surface area (Å²) in [4.78, 5) is 2.77. The van der Waals surface area contributed by atoms with Gasteiger partial charge in [0.2, 0.25) is 0 Å². The molecule has 1 heterocycles. The van der Waals surface area contributed by atoms with E-state index in [1.54, 1.807) is 0 Å². The van der Waals surface area contributed by atoms with Crippen LogP contribution in [0.1, 0.15) is 47.0 Å². The molecule has 2 fully saturated rings. The van der Waals surface area contributed by atoms with Gasteiger partial charge in [-0.25, -0.2) is 0 Å². The van der Waals surface area contributed by atoms with E-state index in [1.165, 1.54) is 32.4 Å². The van der Waals surface area contributed by atoms with Crippen LogP contribution in [0, 0.1) is 5.92 Å². The fraction of sp³-hybridized carbons (Fsp3) is 1.00. The molecule has 0 amide bonds. The third-order valence-corrected chi connectivity index (χ3v) is 4.51. The van der Waals surface area contributed by atoms with Gasteiger partial charge in [-0.3, -0.25) is 4.90 Å². The lowest BCUT2D eigenvalue weighted by Crippen LogP contribution is -2.65. The molecule has 1 N–H and O–H groups in total. The van der Waals surface area contributed by atoms with Crippen LogP contribution in [-0.2, 0) is 0 Å². The fourth-order valence-corrected chi connectivity index (χ4v) is 3.04. The minimum Gasteiger partial charge on any atom is -0.311 e. The Hall–Kier alpha value is -0.0800. The van der Waals surface area contributed by atoms with Crippen LogP contribution in [0.2, 0.25) is 0 Å². The lowest BCUT2D eigenvalue weighted by atomic mass is 9.88. The largest absolute Gasteiger partial charge is 0.311 e.